The van der Waals surface area contributed by atoms with Crippen molar-refractivity contribution in [3.05, 3.63) is 18.1 Å². The second-order valence-corrected chi connectivity index (χ2v) is 4.22. The third-order valence-corrected chi connectivity index (χ3v) is 3.18. The smallest absolute Gasteiger partial charge is 0.150 e. The predicted octanol–water partition coefficient (Wildman–Crippen LogP) is -0.000000000000000167. The molecule has 2 aliphatic heterocycles. The topological polar surface area (TPSA) is 50.3 Å². The molecule has 86 valence electrons. The highest BCUT2D eigenvalue weighted by molar-refractivity contribution is 5.46. The molecule has 2 aliphatic rings. The molecular weight excluding hydrogens is 204 g/mol. The van der Waals surface area contributed by atoms with Gasteiger partial charge in [-0.25, -0.2) is 4.98 Å². The maximum absolute atomic E-state index is 5.36. The van der Waals surface area contributed by atoms with Crippen molar-refractivity contribution < 1.29 is 4.74 Å². The van der Waals surface area contributed by atoms with Crippen molar-refractivity contribution in [2.75, 3.05) is 44.3 Å². The number of hydrogen-bond acceptors (Lipinski definition) is 5. The molecular formula is C11H16N4O. The molecule has 2 fully saturated rings. The van der Waals surface area contributed by atoms with Crippen molar-refractivity contribution >= 4 is 5.82 Å². The summed E-state index contributed by atoms with van der Waals surface area (Å²) in [5.74, 6) is 1.59. The minimum atomic E-state index is 0.534. The van der Waals surface area contributed by atoms with Crippen LogP contribution in [0.5, 0.6) is 0 Å². The molecule has 3 heterocycles. The van der Waals surface area contributed by atoms with E-state index in [1.54, 1.807) is 12.4 Å². The van der Waals surface area contributed by atoms with Gasteiger partial charge in [0.2, 0.25) is 0 Å². The first-order valence-corrected chi connectivity index (χ1v) is 5.79. The molecule has 5 nitrogen and oxygen atoms in total. The molecule has 0 saturated carbocycles. The quantitative estimate of drug-likeness (QED) is 0.760. The van der Waals surface area contributed by atoms with Crippen molar-refractivity contribution in [3.8, 4) is 0 Å². The van der Waals surface area contributed by atoms with E-state index >= 15 is 0 Å². The maximum Gasteiger partial charge on any atom is 0.150 e. The Hall–Kier alpha value is -1.20. The molecule has 1 aromatic rings. The molecule has 0 bridgehead atoms. The third-order valence-electron chi connectivity index (χ3n) is 3.18. The van der Waals surface area contributed by atoms with Crippen LogP contribution in [0.25, 0.3) is 0 Å². The summed E-state index contributed by atoms with van der Waals surface area (Å²) in [6.45, 7) is 5.47. The van der Waals surface area contributed by atoms with E-state index in [2.05, 4.69) is 20.2 Å². The zero-order valence-electron chi connectivity index (χ0n) is 9.22. The highest BCUT2D eigenvalue weighted by Crippen LogP contribution is 2.26. The first-order chi connectivity index (χ1) is 7.95. The van der Waals surface area contributed by atoms with Gasteiger partial charge in [0.15, 0.2) is 5.82 Å². The van der Waals surface area contributed by atoms with Crippen LogP contribution in [-0.4, -0.2) is 49.4 Å². The van der Waals surface area contributed by atoms with E-state index in [0.29, 0.717) is 5.92 Å². The Morgan fingerprint density at radius 1 is 1.19 bits per heavy atom. The molecule has 0 unspecified atom stereocenters. The van der Waals surface area contributed by atoms with E-state index in [9.17, 15) is 0 Å². The Morgan fingerprint density at radius 3 is 2.62 bits per heavy atom. The lowest BCUT2D eigenvalue weighted by Gasteiger charge is -2.33. The Labute approximate surface area is 94.8 Å². The van der Waals surface area contributed by atoms with Gasteiger partial charge in [0.25, 0.3) is 0 Å². The van der Waals surface area contributed by atoms with Crippen molar-refractivity contribution in [2.45, 2.75) is 5.92 Å². The van der Waals surface area contributed by atoms with Crippen LogP contribution in [0, 0.1) is 0 Å². The van der Waals surface area contributed by atoms with Crippen LogP contribution in [-0.2, 0) is 4.74 Å². The van der Waals surface area contributed by atoms with E-state index in [1.807, 2.05) is 0 Å². The van der Waals surface area contributed by atoms with E-state index in [1.165, 1.54) is 0 Å². The van der Waals surface area contributed by atoms with Gasteiger partial charge in [-0.05, 0) is 0 Å². The number of aromatic nitrogens is 2. The number of nitrogens with one attached hydrogen (secondary N) is 1. The molecule has 1 N–H and O–H groups in total. The number of nitrogens with zero attached hydrogens (tertiary/aromatic N) is 3. The summed E-state index contributed by atoms with van der Waals surface area (Å²) >= 11 is 0. The van der Waals surface area contributed by atoms with Crippen molar-refractivity contribution in [1.82, 2.24) is 15.3 Å². The minimum absolute atomic E-state index is 0.534. The van der Waals surface area contributed by atoms with Crippen LogP contribution < -0.4 is 10.2 Å². The first-order valence-electron chi connectivity index (χ1n) is 5.79. The highest BCUT2D eigenvalue weighted by atomic mass is 16.5. The summed E-state index contributed by atoms with van der Waals surface area (Å²) in [6, 6.07) is 0. The monoisotopic (exact) mass is 220 g/mol. The first kappa shape index (κ1) is 9.99. The third kappa shape index (κ3) is 1.76. The van der Waals surface area contributed by atoms with Gasteiger partial charge in [-0.15, -0.1) is 0 Å². The SMILES string of the molecule is c1cnc(N2CCOCC2)c(C2CNC2)n1. The Morgan fingerprint density at radius 2 is 1.94 bits per heavy atom. The molecule has 0 aliphatic carbocycles. The van der Waals surface area contributed by atoms with Gasteiger partial charge in [-0.1, -0.05) is 0 Å². The van der Waals surface area contributed by atoms with Crippen LogP contribution in [0.3, 0.4) is 0 Å². The molecule has 1 aromatic heterocycles. The fraction of sp³-hybridized carbons (Fsp3) is 0.636. The van der Waals surface area contributed by atoms with Gasteiger partial charge < -0.3 is 15.0 Å². The van der Waals surface area contributed by atoms with Crippen LogP contribution in [0.15, 0.2) is 12.4 Å². The summed E-state index contributed by atoms with van der Waals surface area (Å²) in [5.41, 5.74) is 1.14. The Kier molecular flexibility index (Phi) is 2.71. The second-order valence-electron chi connectivity index (χ2n) is 4.22. The van der Waals surface area contributed by atoms with Gasteiger partial charge >= 0.3 is 0 Å². The summed E-state index contributed by atoms with van der Waals surface area (Å²) in [4.78, 5) is 11.3. The molecule has 16 heavy (non-hydrogen) atoms. The van der Waals surface area contributed by atoms with Gasteiger partial charge in [-0.2, -0.15) is 0 Å². The van der Waals surface area contributed by atoms with Gasteiger partial charge in [-0.3, -0.25) is 4.98 Å². The fourth-order valence-corrected chi connectivity index (χ4v) is 2.13. The molecule has 2 saturated heterocycles. The van der Waals surface area contributed by atoms with Gasteiger partial charge in [0.05, 0.1) is 18.9 Å². The summed E-state index contributed by atoms with van der Waals surface area (Å²) in [6.07, 6.45) is 3.57. The normalized spacial score (nSPS) is 21.9. The standard InChI is InChI=1S/C11H16N4O/c1-2-14-11(15-3-5-16-6-4-15)10(13-1)9-7-12-8-9/h1-2,9,12H,3-8H2. The summed E-state index contributed by atoms with van der Waals surface area (Å²) in [7, 11) is 0. The Bertz CT molecular complexity index is 361. The largest absolute Gasteiger partial charge is 0.378 e. The number of anilines is 1. The number of morpholine rings is 1. The van der Waals surface area contributed by atoms with E-state index in [4.69, 9.17) is 4.74 Å². The van der Waals surface area contributed by atoms with Crippen LogP contribution >= 0.6 is 0 Å². The molecule has 0 spiro atoms. The summed E-state index contributed by atoms with van der Waals surface area (Å²) in [5, 5.41) is 3.28. The zero-order chi connectivity index (χ0) is 10.8. The average Bonchev–Trinajstić information content (AvgIpc) is 2.29. The number of ether oxygens (including phenoxy) is 1. The van der Waals surface area contributed by atoms with Crippen molar-refractivity contribution in [3.63, 3.8) is 0 Å². The highest BCUT2D eigenvalue weighted by Gasteiger charge is 2.26. The summed E-state index contributed by atoms with van der Waals surface area (Å²) < 4.78 is 5.36. The average molecular weight is 220 g/mol. The van der Waals surface area contributed by atoms with E-state index in [-0.39, 0.29) is 0 Å². The molecule has 0 amide bonds. The van der Waals surface area contributed by atoms with Crippen LogP contribution in [0.1, 0.15) is 11.6 Å². The Balaban J connectivity index is 1.86. The van der Waals surface area contributed by atoms with Crippen molar-refractivity contribution in [2.24, 2.45) is 0 Å². The zero-order valence-corrected chi connectivity index (χ0v) is 9.22. The fourth-order valence-electron chi connectivity index (χ4n) is 2.13. The minimum Gasteiger partial charge on any atom is -0.378 e. The lowest BCUT2D eigenvalue weighted by Crippen LogP contribution is -2.43. The number of rotatable bonds is 2. The molecule has 3 rings (SSSR count). The van der Waals surface area contributed by atoms with Crippen molar-refractivity contribution in [1.29, 1.82) is 0 Å². The lowest BCUT2D eigenvalue weighted by atomic mass is 9.98. The van der Waals surface area contributed by atoms with Gasteiger partial charge in [0.1, 0.15) is 0 Å². The predicted molar refractivity (Wildman–Crippen MR) is 60.7 cm³/mol. The molecule has 0 radical (unpaired) electrons. The van der Waals surface area contributed by atoms with Gasteiger partial charge in [0, 0.05) is 44.5 Å². The van der Waals surface area contributed by atoms with Crippen LogP contribution in [0.2, 0.25) is 0 Å². The lowest BCUT2D eigenvalue weighted by molar-refractivity contribution is 0.122. The molecule has 0 atom stereocenters. The number of hydrogen-bond donors (Lipinski definition) is 1. The second kappa shape index (κ2) is 4.35. The van der Waals surface area contributed by atoms with E-state index in [0.717, 1.165) is 50.9 Å². The van der Waals surface area contributed by atoms with E-state index < -0.39 is 0 Å². The molecule has 5 heteroatoms. The maximum atomic E-state index is 5.36. The molecule has 0 aromatic carbocycles. The van der Waals surface area contributed by atoms with Crippen LogP contribution in [0.4, 0.5) is 5.82 Å².